The first-order valence-corrected chi connectivity index (χ1v) is 6.50. The minimum atomic E-state index is -1.13. The summed E-state index contributed by atoms with van der Waals surface area (Å²) >= 11 is 0. The van der Waals surface area contributed by atoms with Crippen molar-refractivity contribution in [3.8, 4) is 11.5 Å². The molecule has 0 fully saturated rings. The summed E-state index contributed by atoms with van der Waals surface area (Å²) in [5, 5.41) is 4.53. The van der Waals surface area contributed by atoms with E-state index in [9.17, 15) is 18.4 Å². The summed E-state index contributed by atoms with van der Waals surface area (Å²) in [7, 11) is 0. The molecule has 1 heterocycles. The lowest BCUT2D eigenvalue weighted by Crippen LogP contribution is -2.29. The minimum absolute atomic E-state index is 0.0327. The quantitative estimate of drug-likeness (QED) is 0.832. The van der Waals surface area contributed by atoms with Crippen LogP contribution in [0.5, 0.6) is 11.5 Å². The fourth-order valence-electron chi connectivity index (χ4n) is 1.92. The molecule has 8 heteroatoms. The van der Waals surface area contributed by atoms with Gasteiger partial charge in [0.25, 0.3) is 0 Å². The third-order valence-electron chi connectivity index (χ3n) is 3.01. The maximum Gasteiger partial charge on any atom is 0.314 e. The van der Waals surface area contributed by atoms with Crippen molar-refractivity contribution < 1.29 is 27.8 Å². The summed E-state index contributed by atoms with van der Waals surface area (Å²) in [4.78, 5) is 23.6. The molecule has 23 heavy (non-hydrogen) atoms. The van der Waals surface area contributed by atoms with Gasteiger partial charge in [0.05, 0.1) is 0 Å². The molecule has 1 aliphatic heterocycles. The Labute approximate surface area is 129 Å². The van der Waals surface area contributed by atoms with E-state index in [0.29, 0.717) is 17.2 Å². The molecule has 0 saturated carbocycles. The van der Waals surface area contributed by atoms with Gasteiger partial charge in [-0.2, -0.15) is 0 Å². The number of benzene rings is 2. The number of fused-ring (bicyclic) bond motifs is 1. The second kappa shape index (κ2) is 5.91. The van der Waals surface area contributed by atoms with E-state index in [0.717, 1.165) is 18.2 Å². The Kier molecular flexibility index (Phi) is 3.80. The molecule has 0 atom stereocenters. The Morgan fingerprint density at radius 1 is 0.826 bits per heavy atom. The highest BCUT2D eigenvalue weighted by atomic mass is 19.2. The van der Waals surface area contributed by atoms with E-state index < -0.39 is 23.4 Å². The molecule has 0 aromatic heterocycles. The van der Waals surface area contributed by atoms with Crippen molar-refractivity contribution in [1.82, 2.24) is 0 Å². The number of carbonyl (C=O) groups excluding carboxylic acids is 2. The average Bonchev–Trinajstić information content (AvgIpc) is 2.98. The van der Waals surface area contributed by atoms with Gasteiger partial charge in [-0.05, 0) is 24.3 Å². The summed E-state index contributed by atoms with van der Waals surface area (Å²) in [6, 6.07) is 7.40. The highest BCUT2D eigenvalue weighted by molar-refractivity contribution is 6.43. The smallest absolute Gasteiger partial charge is 0.314 e. The van der Waals surface area contributed by atoms with E-state index >= 15 is 0 Å². The van der Waals surface area contributed by atoms with Crippen LogP contribution in [-0.4, -0.2) is 18.6 Å². The molecule has 0 radical (unpaired) electrons. The normalized spacial score (nSPS) is 11.9. The monoisotopic (exact) mass is 320 g/mol. The Balaban J connectivity index is 1.65. The van der Waals surface area contributed by atoms with Gasteiger partial charge in [-0.3, -0.25) is 9.59 Å². The zero-order valence-corrected chi connectivity index (χ0v) is 11.6. The zero-order valence-electron chi connectivity index (χ0n) is 11.6. The van der Waals surface area contributed by atoms with Crippen molar-refractivity contribution >= 4 is 23.2 Å². The Morgan fingerprint density at radius 2 is 1.43 bits per heavy atom. The molecule has 0 unspecified atom stereocenters. The second-order valence-electron chi connectivity index (χ2n) is 4.61. The zero-order chi connectivity index (χ0) is 16.4. The molecule has 2 amide bonds. The van der Waals surface area contributed by atoms with Gasteiger partial charge in [-0.25, -0.2) is 8.78 Å². The van der Waals surface area contributed by atoms with Gasteiger partial charge < -0.3 is 20.1 Å². The predicted molar refractivity (Wildman–Crippen MR) is 76.2 cm³/mol. The lowest BCUT2D eigenvalue weighted by molar-refractivity contribution is -0.133. The molecule has 0 saturated heterocycles. The molecule has 3 rings (SSSR count). The number of ether oxygens (including phenoxy) is 2. The van der Waals surface area contributed by atoms with Crippen LogP contribution in [0, 0.1) is 11.6 Å². The van der Waals surface area contributed by atoms with Crippen LogP contribution in [0.15, 0.2) is 36.4 Å². The summed E-state index contributed by atoms with van der Waals surface area (Å²) in [6.45, 7) is 0.0867. The van der Waals surface area contributed by atoms with E-state index in [1.165, 1.54) is 12.1 Å². The number of carbonyl (C=O) groups is 2. The topological polar surface area (TPSA) is 76.7 Å². The third-order valence-corrected chi connectivity index (χ3v) is 3.01. The van der Waals surface area contributed by atoms with Gasteiger partial charge in [-0.15, -0.1) is 0 Å². The lowest BCUT2D eigenvalue weighted by atomic mass is 10.2. The third kappa shape index (κ3) is 3.20. The molecule has 2 aromatic rings. The van der Waals surface area contributed by atoms with Crippen LogP contribution in [0.1, 0.15) is 0 Å². The number of anilines is 2. The largest absolute Gasteiger partial charge is 0.454 e. The highest BCUT2D eigenvalue weighted by Gasteiger charge is 2.18. The molecule has 0 spiro atoms. The van der Waals surface area contributed by atoms with Crippen molar-refractivity contribution in [2.75, 3.05) is 17.4 Å². The van der Waals surface area contributed by atoms with Crippen LogP contribution in [0.3, 0.4) is 0 Å². The predicted octanol–water partition coefficient (Wildman–Crippen LogP) is 2.27. The van der Waals surface area contributed by atoms with Crippen LogP contribution in [0.4, 0.5) is 20.2 Å². The van der Waals surface area contributed by atoms with Crippen molar-refractivity contribution in [2.24, 2.45) is 0 Å². The van der Waals surface area contributed by atoms with E-state index in [1.807, 2.05) is 0 Å². The fourth-order valence-corrected chi connectivity index (χ4v) is 1.92. The molecular weight excluding hydrogens is 310 g/mol. The first kappa shape index (κ1) is 14.8. The molecule has 2 aromatic carbocycles. The Bertz CT molecular complexity index is 795. The van der Waals surface area contributed by atoms with E-state index in [4.69, 9.17) is 9.47 Å². The molecule has 0 aliphatic carbocycles. The van der Waals surface area contributed by atoms with Crippen LogP contribution < -0.4 is 20.1 Å². The van der Waals surface area contributed by atoms with Crippen LogP contribution in [0.25, 0.3) is 0 Å². The van der Waals surface area contributed by atoms with E-state index in [-0.39, 0.29) is 12.5 Å². The molecule has 2 N–H and O–H groups in total. The lowest BCUT2D eigenvalue weighted by Gasteiger charge is -2.07. The first-order valence-electron chi connectivity index (χ1n) is 6.50. The Morgan fingerprint density at radius 3 is 2.13 bits per heavy atom. The molecule has 0 bridgehead atoms. The minimum Gasteiger partial charge on any atom is -0.454 e. The SMILES string of the molecule is O=C(Nc1ccc(F)c(F)c1)C(=O)Nc1ccc2c(c1)OCO2. The van der Waals surface area contributed by atoms with Crippen LogP contribution in [-0.2, 0) is 9.59 Å². The maximum atomic E-state index is 13.1. The van der Waals surface area contributed by atoms with Crippen molar-refractivity contribution in [1.29, 1.82) is 0 Å². The number of nitrogens with one attached hydrogen (secondary N) is 2. The summed E-state index contributed by atoms with van der Waals surface area (Å²) in [5.74, 6) is -3.17. The van der Waals surface area contributed by atoms with Crippen molar-refractivity contribution in [3.05, 3.63) is 48.0 Å². The second-order valence-corrected chi connectivity index (χ2v) is 4.61. The van der Waals surface area contributed by atoms with Gasteiger partial charge in [0, 0.05) is 23.5 Å². The number of hydrogen-bond donors (Lipinski definition) is 2. The average molecular weight is 320 g/mol. The fraction of sp³-hybridized carbons (Fsp3) is 0.0667. The van der Waals surface area contributed by atoms with E-state index in [2.05, 4.69) is 10.6 Å². The van der Waals surface area contributed by atoms with Gasteiger partial charge in [0.15, 0.2) is 23.1 Å². The van der Waals surface area contributed by atoms with Gasteiger partial charge in [0.1, 0.15) is 0 Å². The first-order chi connectivity index (χ1) is 11.0. The number of rotatable bonds is 2. The molecular formula is C15H10F2N2O4. The highest BCUT2D eigenvalue weighted by Crippen LogP contribution is 2.34. The van der Waals surface area contributed by atoms with Gasteiger partial charge >= 0.3 is 11.8 Å². The Hall–Kier alpha value is -3.16. The number of halogens is 2. The number of hydrogen-bond acceptors (Lipinski definition) is 4. The molecule has 1 aliphatic rings. The van der Waals surface area contributed by atoms with Gasteiger partial charge in [-0.1, -0.05) is 0 Å². The van der Waals surface area contributed by atoms with Crippen molar-refractivity contribution in [2.45, 2.75) is 0 Å². The summed E-state index contributed by atoms with van der Waals surface area (Å²) in [5.41, 5.74) is 0.300. The molecule has 118 valence electrons. The van der Waals surface area contributed by atoms with E-state index in [1.54, 1.807) is 6.07 Å². The van der Waals surface area contributed by atoms with Crippen LogP contribution >= 0.6 is 0 Å². The van der Waals surface area contributed by atoms with Gasteiger partial charge in [0.2, 0.25) is 6.79 Å². The summed E-state index contributed by atoms with van der Waals surface area (Å²) in [6.07, 6.45) is 0. The van der Waals surface area contributed by atoms with Crippen molar-refractivity contribution in [3.63, 3.8) is 0 Å². The number of amides is 2. The molecule has 6 nitrogen and oxygen atoms in total. The maximum absolute atomic E-state index is 13.1. The standard InChI is InChI=1S/C15H10F2N2O4/c16-10-3-1-8(5-11(10)17)18-14(20)15(21)19-9-2-4-12-13(6-9)23-7-22-12/h1-6H,7H2,(H,18,20)(H,19,21). The summed E-state index contributed by atoms with van der Waals surface area (Å²) < 4.78 is 36.1. The van der Waals surface area contributed by atoms with Crippen LogP contribution in [0.2, 0.25) is 0 Å².